The van der Waals surface area contributed by atoms with E-state index < -0.39 is 17.6 Å². The van der Waals surface area contributed by atoms with E-state index in [1.165, 1.54) is 0 Å². The zero-order chi connectivity index (χ0) is 10.9. The molecule has 0 aliphatic rings. The molecule has 1 aromatic carbocycles. The Bertz CT molecular complexity index is 372. The third-order valence-electron chi connectivity index (χ3n) is 1.50. The molecule has 76 valence electrons. The van der Waals surface area contributed by atoms with Crippen LogP contribution in [0.1, 0.15) is 11.1 Å². The van der Waals surface area contributed by atoms with E-state index in [-0.39, 0.29) is 9.89 Å². The number of hydrogen-bond acceptors (Lipinski definition) is 1. The van der Waals surface area contributed by atoms with Crippen LogP contribution in [0.2, 0.25) is 0 Å². The first kappa shape index (κ1) is 11.4. The van der Waals surface area contributed by atoms with Crippen LogP contribution in [0, 0.1) is 5.82 Å². The zero-order valence-corrected chi connectivity index (χ0v) is 8.10. The van der Waals surface area contributed by atoms with E-state index in [1.807, 2.05) is 0 Å². The van der Waals surface area contributed by atoms with Crippen molar-refractivity contribution in [3.05, 3.63) is 35.1 Å². The van der Waals surface area contributed by atoms with Gasteiger partial charge in [-0.1, -0.05) is 23.8 Å². The van der Waals surface area contributed by atoms with E-state index in [0.29, 0.717) is 12.1 Å². The van der Waals surface area contributed by atoms with Crippen molar-refractivity contribution in [2.24, 2.45) is 0 Å². The van der Waals surface area contributed by atoms with Crippen molar-refractivity contribution >= 4 is 28.1 Å². The van der Waals surface area contributed by atoms with Gasteiger partial charge in [0.25, 0.3) is 0 Å². The van der Waals surface area contributed by atoms with Gasteiger partial charge in [-0.2, -0.15) is 13.2 Å². The van der Waals surface area contributed by atoms with Crippen LogP contribution < -0.4 is 0 Å². The Labute approximate surface area is 87.5 Å². The number of benzene rings is 1. The quantitative estimate of drug-likeness (QED) is 0.411. The van der Waals surface area contributed by atoms with Crippen molar-refractivity contribution in [1.29, 1.82) is 0 Å². The van der Waals surface area contributed by atoms with E-state index in [1.54, 1.807) is 0 Å². The van der Waals surface area contributed by atoms with Crippen LogP contribution in [0.25, 0.3) is 0 Å². The Hall–Kier alpha value is -0.680. The van der Waals surface area contributed by atoms with E-state index >= 15 is 0 Å². The molecular weight excluding hydrogens is 240 g/mol. The minimum absolute atomic E-state index is 0.0182. The molecule has 14 heavy (non-hydrogen) atoms. The number of thiocarbonyl (C=S) groups is 1. The highest BCUT2D eigenvalue weighted by molar-refractivity contribution is 7.83. The fourth-order valence-electron chi connectivity index (χ4n) is 0.865. The van der Waals surface area contributed by atoms with Crippen molar-refractivity contribution in [2.45, 2.75) is 6.18 Å². The van der Waals surface area contributed by atoms with Gasteiger partial charge in [0.1, 0.15) is 10.1 Å². The smallest absolute Gasteiger partial charge is 0.206 e. The summed E-state index contributed by atoms with van der Waals surface area (Å²) in [6.45, 7) is 0. The molecule has 0 heterocycles. The van der Waals surface area contributed by atoms with Gasteiger partial charge in [-0.3, -0.25) is 0 Å². The van der Waals surface area contributed by atoms with Crippen LogP contribution in [0.5, 0.6) is 0 Å². The standard InChI is InChI=1S/C8H3ClF4S/c9-7(14)4-1-2-6(10)5(3-4)8(11,12)13/h1-3H. The number of hydrogen-bond donors (Lipinski definition) is 0. The van der Waals surface area contributed by atoms with Crippen molar-refractivity contribution in [2.75, 3.05) is 0 Å². The summed E-state index contributed by atoms with van der Waals surface area (Å²) in [5, 5.41) is 0. The maximum Gasteiger partial charge on any atom is 0.419 e. The molecule has 0 aromatic heterocycles. The summed E-state index contributed by atoms with van der Waals surface area (Å²) in [6, 6.07) is 2.37. The second-order valence-electron chi connectivity index (χ2n) is 2.47. The van der Waals surface area contributed by atoms with Crippen molar-refractivity contribution in [1.82, 2.24) is 0 Å². The molecule has 0 amide bonds. The first-order chi connectivity index (χ1) is 6.32. The van der Waals surface area contributed by atoms with Gasteiger partial charge in [-0.05, 0) is 18.2 Å². The molecule has 1 rings (SSSR count). The topological polar surface area (TPSA) is 0 Å². The van der Waals surface area contributed by atoms with Crippen LogP contribution in [0.15, 0.2) is 18.2 Å². The summed E-state index contributed by atoms with van der Waals surface area (Å²) in [6.07, 6.45) is -4.73. The Kier molecular flexibility index (Phi) is 3.11. The van der Waals surface area contributed by atoms with Crippen LogP contribution in [-0.4, -0.2) is 4.32 Å². The number of rotatable bonds is 1. The summed E-state index contributed by atoms with van der Waals surface area (Å²) < 4.78 is 49.0. The lowest BCUT2D eigenvalue weighted by molar-refractivity contribution is -0.140. The Balaban J connectivity index is 3.29. The Morgan fingerprint density at radius 2 is 1.86 bits per heavy atom. The SMILES string of the molecule is Fc1ccc(C(=S)Cl)cc1C(F)(F)F. The lowest BCUT2D eigenvalue weighted by Gasteiger charge is -2.08. The molecule has 0 nitrogen and oxygen atoms in total. The second kappa shape index (κ2) is 3.82. The van der Waals surface area contributed by atoms with Gasteiger partial charge in [0.15, 0.2) is 0 Å². The minimum atomic E-state index is -4.73. The molecule has 0 saturated heterocycles. The molecule has 0 atom stereocenters. The first-order valence-corrected chi connectivity index (χ1v) is 4.17. The van der Waals surface area contributed by atoms with E-state index in [4.69, 9.17) is 11.6 Å². The minimum Gasteiger partial charge on any atom is -0.206 e. The van der Waals surface area contributed by atoms with Crippen molar-refractivity contribution in [3.63, 3.8) is 0 Å². The Morgan fingerprint density at radius 1 is 1.29 bits per heavy atom. The molecule has 0 aliphatic carbocycles. The molecule has 0 unspecified atom stereocenters. The maximum atomic E-state index is 12.7. The third-order valence-corrected chi connectivity index (χ3v) is 1.95. The molecule has 1 aromatic rings. The van der Waals surface area contributed by atoms with Crippen molar-refractivity contribution in [3.8, 4) is 0 Å². The zero-order valence-electron chi connectivity index (χ0n) is 6.53. The molecular formula is C8H3ClF4S. The highest BCUT2D eigenvalue weighted by Crippen LogP contribution is 2.32. The van der Waals surface area contributed by atoms with Crippen LogP contribution in [0.4, 0.5) is 17.6 Å². The number of halogens is 5. The van der Waals surface area contributed by atoms with Gasteiger partial charge in [-0.15, -0.1) is 0 Å². The summed E-state index contributed by atoms with van der Waals surface area (Å²) in [7, 11) is 0. The van der Waals surface area contributed by atoms with E-state index in [2.05, 4.69) is 12.2 Å². The molecule has 0 radical (unpaired) electrons. The van der Waals surface area contributed by atoms with Gasteiger partial charge < -0.3 is 0 Å². The third kappa shape index (κ3) is 2.42. The van der Waals surface area contributed by atoms with Gasteiger partial charge in [0.2, 0.25) is 0 Å². The Morgan fingerprint density at radius 3 is 2.29 bits per heavy atom. The monoisotopic (exact) mass is 242 g/mol. The van der Waals surface area contributed by atoms with Crippen LogP contribution in [-0.2, 0) is 6.18 Å². The average Bonchev–Trinajstić information content (AvgIpc) is 2.02. The number of alkyl halides is 3. The second-order valence-corrected chi connectivity index (χ2v) is 3.48. The van der Waals surface area contributed by atoms with Crippen LogP contribution >= 0.6 is 23.8 Å². The van der Waals surface area contributed by atoms with Gasteiger partial charge in [0.05, 0.1) is 5.56 Å². The molecule has 6 heteroatoms. The summed E-state index contributed by atoms with van der Waals surface area (Å²) in [5.74, 6) is -1.34. The van der Waals surface area contributed by atoms with Gasteiger partial charge in [-0.25, -0.2) is 4.39 Å². The molecule has 0 spiro atoms. The largest absolute Gasteiger partial charge is 0.419 e. The molecule has 0 saturated carbocycles. The highest BCUT2D eigenvalue weighted by atomic mass is 35.5. The molecule has 0 bridgehead atoms. The average molecular weight is 243 g/mol. The first-order valence-electron chi connectivity index (χ1n) is 3.39. The lowest BCUT2D eigenvalue weighted by Crippen LogP contribution is -2.09. The fraction of sp³-hybridized carbons (Fsp3) is 0.125. The molecule has 0 aliphatic heterocycles. The highest BCUT2D eigenvalue weighted by Gasteiger charge is 2.34. The molecule has 0 fully saturated rings. The van der Waals surface area contributed by atoms with Gasteiger partial charge >= 0.3 is 6.18 Å². The van der Waals surface area contributed by atoms with Gasteiger partial charge in [0, 0.05) is 5.56 Å². The lowest BCUT2D eigenvalue weighted by atomic mass is 10.1. The summed E-state index contributed by atoms with van der Waals surface area (Å²) in [4.78, 5) is 0. The maximum absolute atomic E-state index is 12.7. The van der Waals surface area contributed by atoms with E-state index in [0.717, 1.165) is 6.07 Å². The summed E-state index contributed by atoms with van der Waals surface area (Å²) >= 11 is 9.78. The van der Waals surface area contributed by atoms with Crippen LogP contribution in [0.3, 0.4) is 0 Å². The molecule has 0 N–H and O–H groups in total. The normalized spacial score (nSPS) is 11.5. The predicted molar refractivity (Wildman–Crippen MR) is 49.0 cm³/mol. The summed E-state index contributed by atoms with van der Waals surface area (Å²) in [5.41, 5.74) is -1.38. The predicted octanol–water partition coefficient (Wildman–Crippen LogP) is 3.76. The van der Waals surface area contributed by atoms with Crippen molar-refractivity contribution < 1.29 is 17.6 Å². The van der Waals surface area contributed by atoms with E-state index in [9.17, 15) is 17.6 Å². The fourth-order valence-corrected chi connectivity index (χ4v) is 1.11.